The van der Waals surface area contributed by atoms with Crippen LogP contribution in [0.2, 0.25) is 0 Å². The third-order valence-corrected chi connectivity index (χ3v) is 5.07. The van der Waals surface area contributed by atoms with Crippen LogP contribution in [0.25, 0.3) is 0 Å². The molecule has 1 saturated carbocycles. The topological polar surface area (TPSA) is 29.3 Å². The first kappa shape index (κ1) is 12.0. The fourth-order valence-corrected chi connectivity index (χ4v) is 4.15. The molecule has 0 saturated heterocycles. The van der Waals surface area contributed by atoms with Crippen LogP contribution in [0.3, 0.4) is 0 Å². The number of benzene rings is 2. The standard InChI is InChI=1S/C18H20N2/c19-20-16-10-4-2-8-14(16)18(12-6-1-7-13-18)15-9-3-5-11-17(15)20/h2-5,8-11H,1,6-7,12-13,19H2. The van der Waals surface area contributed by atoms with Gasteiger partial charge in [-0.3, -0.25) is 5.01 Å². The van der Waals surface area contributed by atoms with Crippen LogP contribution in [0.15, 0.2) is 48.5 Å². The first-order valence-electron chi connectivity index (χ1n) is 7.57. The number of nitrogens with two attached hydrogens (primary N) is 1. The summed E-state index contributed by atoms with van der Waals surface area (Å²) in [6, 6.07) is 17.3. The lowest BCUT2D eigenvalue weighted by Gasteiger charge is -2.46. The molecular weight excluding hydrogens is 244 g/mol. The fourth-order valence-electron chi connectivity index (χ4n) is 4.15. The van der Waals surface area contributed by atoms with Gasteiger partial charge in [-0.05, 0) is 36.1 Å². The highest BCUT2D eigenvalue weighted by Crippen LogP contribution is 2.54. The maximum Gasteiger partial charge on any atom is 0.0616 e. The molecule has 0 unspecified atom stereocenters. The van der Waals surface area contributed by atoms with Gasteiger partial charge >= 0.3 is 0 Å². The molecule has 102 valence electrons. The molecule has 0 aromatic heterocycles. The van der Waals surface area contributed by atoms with E-state index in [4.69, 9.17) is 5.84 Å². The van der Waals surface area contributed by atoms with Gasteiger partial charge < -0.3 is 0 Å². The van der Waals surface area contributed by atoms with Gasteiger partial charge in [-0.2, -0.15) is 0 Å². The number of nitrogens with zero attached hydrogens (tertiary/aromatic N) is 1. The average Bonchev–Trinajstić information content (AvgIpc) is 2.54. The normalized spacial score (nSPS) is 19.6. The number of rotatable bonds is 0. The zero-order valence-corrected chi connectivity index (χ0v) is 11.7. The van der Waals surface area contributed by atoms with Gasteiger partial charge in [0.25, 0.3) is 0 Å². The summed E-state index contributed by atoms with van der Waals surface area (Å²) in [5.74, 6) is 6.38. The van der Waals surface area contributed by atoms with Crippen molar-refractivity contribution in [3.05, 3.63) is 59.7 Å². The number of hydrazine groups is 1. The number of fused-ring (bicyclic) bond motifs is 4. The molecule has 2 aliphatic rings. The smallest absolute Gasteiger partial charge is 0.0616 e. The third kappa shape index (κ3) is 1.49. The van der Waals surface area contributed by atoms with E-state index in [-0.39, 0.29) is 5.41 Å². The highest BCUT2D eigenvalue weighted by molar-refractivity contribution is 5.77. The van der Waals surface area contributed by atoms with E-state index in [0.29, 0.717) is 0 Å². The molecule has 1 aliphatic carbocycles. The van der Waals surface area contributed by atoms with E-state index < -0.39 is 0 Å². The Hall–Kier alpha value is -1.80. The molecular formula is C18H20N2. The minimum Gasteiger partial charge on any atom is -0.279 e. The van der Waals surface area contributed by atoms with Crippen molar-refractivity contribution in [1.82, 2.24) is 0 Å². The SMILES string of the molecule is NN1c2ccccc2C2(CCCCC2)c2ccccc21. The van der Waals surface area contributed by atoms with Gasteiger partial charge in [0.1, 0.15) is 0 Å². The van der Waals surface area contributed by atoms with E-state index in [1.165, 1.54) is 54.6 Å². The monoisotopic (exact) mass is 264 g/mol. The van der Waals surface area contributed by atoms with Crippen LogP contribution >= 0.6 is 0 Å². The maximum absolute atomic E-state index is 6.38. The molecule has 2 aromatic carbocycles. The number of hydrogen-bond donors (Lipinski definition) is 1. The summed E-state index contributed by atoms with van der Waals surface area (Å²) in [5, 5.41) is 1.87. The summed E-state index contributed by atoms with van der Waals surface area (Å²) < 4.78 is 0. The molecule has 1 aliphatic heterocycles. The Bertz CT molecular complexity index is 592. The van der Waals surface area contributed by atoms with Crippen molar-refractivity contribution in [3.63, 3.8) is 0 Å². The van der Waals surface area contributed by atoms with Gasteiger partial charge in [0.15, 0.2) is 0 Å². The molecule has 20 heavy (non-hydrogen) atoms. The van der Waals surface area contributed by atoms with Crippen LogP contribution < -0.4 is 10.9 Å². The molecule has 4 rings (SSSR count). The van der Waals surface area contributed by atoms with Crippen molar-refractivity contribution in [1.29, 1.82) is 0 Å². The van der Waals surface area contributed by atoms with Crippen molar-refractivity contribution in [2.24, 2.45) is 5.84 Å². The molecule has 2 N–H and O–H groups in total. The predicted octanol–water partition coefficient (Wildman–Crippen LogP) is 4.26. The molecule has 0 atom stereocenters. The Morgan fingerprint density at radius 2 is 1.25 bits per heavy atom. The zero-order valence-electron chi connectivity index (χ0n) is 11.7. The minimum atomic E-state index is 0.182. The van der Waals surface area contributed by atoms with Crippen LogP contribution in [-0.2, 0) is 5.41 Å². The molecule has 1 fully saturated rings. The molecule has 1 spiro atoms. The second kappa shape index (κ2) is 4.35. The van der Waals surface area contributed by atoms with E-state index in [1.54, 1.807) is 0 Å². The number of para-hydroxylation sites is 2. The highest BCUT2D eigenvalue weighted by Gasteiger charge is 2.42. The number of hydrogen-bond acceptors (Lipinski definition) is 2. The van der Waals surface area contributed by atoms with Crippen LogP contribution in [-0.4, -0.2) is 0 Å². The predicted molar refractivity (Wildman–Crippen MR) is 83.1 cm³/mol. The van der Waals surface area contributed by atoms with E-state index in [2.05, 4.69) is 48.5 Å². The van der Waals surface area contributed by atoms with E-state index >= 15 is 0 Å². The summed E-state index contributed by atoms with van der Waals surface area (Å²) in [5.41, 5.74) is 5.37. The first-order chi connectivity index (χ1) is 9.83. The molecule has 0 bridgehead atoms. The van der Waals surface area contributed by atoms with Gasteiger partial charge in [-0.15, -0.1) is 0 Å². The van der Waals surface area contributed by atoms with Crippen LogP contribution in [0.5, 0.6) is 0 Å². The molecule has 0 radical (unpaired) electrons. The van der Waals surface area contributed by atoms with Crippen LogP contribution in [0.4, 0.5) is 11.4 Å². The van der Waals surface area contributed by atoms with Gasteiger partial charge in [0.2, 0.25) is 0 Å². The molecule has 2 heteroatoms. The second-order valence-corrected chi connectivity index (χ2v) is 6.05. The van der Waals surface area contributed by atoms with Crippen LogP contribution in [0.1, 0.15) is 43.2 Å². The highest BCUT2D eigenvalue weighted by atomic mass is 15.4. The Kier molecular flexibility index (Phi) is 2.61. The van der Waals surface area contributed by atoms with Crippen molar-refractivity contribution in [3.8, 4) is 0 Å². The lowest BCUT2D eigenvalue weighted by molar-refractivity contribution is 0.343. The van der Waals surface area contributed by atoms with Gasteiger partial charge in [0, 0.05) is 5.41 Å². The van der Waals surface area contributed by atoms with E-state index in [1.807, 2.05) is 5.01 Å². The Morgan fingerprint density at radius 3 is 1.80 bits per heavy atom. The van der Waals surface area contributed by atoms with Crippen molar-refractivity contribution in [2.75, 3.05) is 5.01 Å². The fraction of sp³-hybridized carbons (Fsp3) is 0.333. The van der Waals surface area contributed by atoms with Gasteiger partial charge in [-0.1, -0.05) is 55.7 Å². The van der Waals surface area contributed by atoms with Crippen molar-refractivity contribution in [2.45, 2.75) is 37.5 Å². The second-order valence-electron chi connectivity index (χ2n) is 6.05. The summed E-state index contributed by atoms with van der Waals surface area (Å²) >= 11 is 0. The molecule has 1 heterocycles. The minimum absolute atomic E-state index is 0.182. The summed E-state index contributed by atoms with van der Waals surface area (Å²) in [6.45, 7) is 0. The molecule has 2 aromatic rings. The first-order valence-corrected chi connectivity index (χ1v) is 7.57. The largest absolute Gasteiger partial charge is 0.279 e. The van der Waals surface area contributed by atoms with Crippen molar-refractivity contribution >= 4 is 11.4 Å². The Morgan fingerprint density at radius 1 is 0.750 bits per heavy atom. The average molecular weight is 264 g/mol. The Balaban J connectivity index is 2.01. The lowest BCUT2D eigenvalue weighted by atomic mass is 9.63. The lowest BCUT2D eigenvalue weighted by Crippen LogP contribution is -2.41. The third-order valence-electron chi connectivity index (χ3n) is 5.07. The molecule has 0 amide bonds. The van der Waals surface area contributed by atoms with E-state index in [0.717, 1.165) is 0 Å². The van der Waals surface area contributed by atoms with E-state index in [9.17, 15) is 0 Å². The zero-order chi connectivity index (χ0) is 13.6. The Labute approximate surface area is 120 Å². The maximum atomic E-state index is 6.38. The van der Waals surface area contributed by atoms with Crippen molar-refractivity contribution < 1.29 is 0 Å². The van der Waals surface area contributed by atoms with Crippen LogP contribution in [0, 0.1) is 0 Å². The number of anilines is 2. The summed E-state index contributed by atoms with van der Waals surface area (Å²) in [6.07, 6.45) is 6.47. The van der Waals surface area contributed by atoms with Gasteiger partial charge in [0.05, 0.1) is 11.4 Å². The quantitative estimate of drug-likeness (QED) is 0.720. The molecule has 2 nitrogen and oxygen atoms in total. The summed E-state index contributed by atoms with van der Waals surface area (Å²) in [4.78, 5) is 0. The summed E-state index contributed by atoms with van der Waals surface area (Å²) in [7, 11) is 0. The van der Waals surface area contributed by atoms with Gasteiger partial charge in [-0.25, -0.2) is 5.84 Å².